The van der Waals surface area contributed by atoms with E-state index in [0.29, 0.717) is 13.0 Å². The zero-order valence-electron chi connectivity index (χ0n) is 15.6. The molecule has 0 aliphatic heterocycles. The van der Waals surface area contributed by atoms with E-state index >= 15 is 0 Å². The Balaban J connectivity index is 0.000000920. The van der Waals surface area contributed by atoms with Crippen molar-refractivity contribution in [2.75, 3.05) is 6.61 Å². The fourth-order valence-electron chi connectivity index (χ4n) is 2.68. The van der Waals surface area contributed by atoms with E-state index in [1.807, 2.05) is 45.0 Å². The van der Waals surface area contributed by atoms with Gasteiger partial charge in [-0.3, -0.25) is 4.79 Å². The van der Waals surface area contributed by atoms with Crippen LogP contribution in [0.15, 0.2) is 24.3 Å². The van der Waals surface area contributed by atoms with Crippen LogP contribution in [0.4, 0.5) is 22.0 Å². The maximum Gasteiger partial charge on any atom is 0.379 e. The van der Waals surface area contributed by atoms with E-state index in [1.54, 1.807) is 6.92 Å². The molecule has 0 saturated heterocycles. The van der Waals surface area contributed by atoms with E-state index in [4.69, 9.17) is 4.74 Å². The fraction of sp³-hybridized carbons (Fsp3) is 0.632. The van der Waals surface area contributed by atoms with E-state index in [-0.39, 0.29) is 30.6 Å². The lowest BCUT2D eigenvalue weighted by molar-refractivity contribution is -0.145. The third-order valence-corrected chi connectivity index (χ3v) is 3.88. The Labute approximate surface area is 151 Å². The lowest BCUT2D eigenvalue weighted by Crippen LogP contribution is -2.33. The molecule has 2 nitrogen and oxygen atoms in total. The smallest absolute Gasteiger partial charge is 0.379 e. The van der Waals surface area contributed by atoms with Crippen molar-refractivity contribution >= 4 is 5.97 Å². The molecule has 0 radical (unpaired) electrons. The van der Waals surface area contributed by atoms with Gasteiger partial charge in [-0.15, -0.1) is 0 Å². The Morgan fingerprint density at radius 1 is 1.12 bits per heavy atom. The molecule has 0 N–H and O–H groups in total. The van der Waals surface area contributed by atoms with Crippen LogP contribution in [0, 0.1) is 0 Å². The average Bonchev–Trinajstić information content (AvgIpc) is 2.55. The van der Waals surface area contributed by atoms with Crippen LogP contribution in [0.5, 0.6) is 0 Å². The van der Waals surface area contributed by atoms with Crippen LogP contribution >= 0.6 is 0 Å². The van der Waals surface area contributed by atoms with Crippen molar-refractivity contribution in [1.29, 1.82) is 0 Å². The molecule has 1 unspecified atom stereocenters. The molecule has 0 amide bonds. The van der Waals surface area contributed by atoms with Crippen LogP contribution in [0.25, 0.3) is 0 Å². The number of ether oxygens (including phenoxy) is 1. The molecule has 0 aromatic heterocycles. The highest BCUT2D eigenvalue weighted by atomic mass is 19.4. The van der Waals surface area contributed by atoms with Crippen LogP contribution in [0.2, 0.25) is 0 Å². The Morgan fingerprint density at radius 3 is 1.92 bits per heavy atom. The SMILES string of the molecule is CC.CCOC(=O)C(CC)c1ccc(C2CC(F)(F)C2)cc1.FC(F)F. The monoisotopic (exact) mass is 382 g/mol. The van der Waals surface area contributed by atoms with Crippen molar-refractivity contribution in [1.82, 2.24) is 0 Å². The summed E-state index contributed by atoms with van der Waals surface area (Å²) in [6.07, 6.45) is 0.530. The highest BCUT2D eigenvalue weighted by Gasteiger charge is 2.45. The molecule has 2 rings (SSSR count). The average molecular weight is 382 g/mol. The number of rotatable bonds is 5. The number of carbonyl (C=O) groups excluding carboxylic acids is 1. The summed E-state index contributed by atoms with van der Waals surface area (Å²) in [5, 5.41) is 0. The number of carbonyl (C=O) groups is 1. The molecule has 1 fully saturated rings. The summed E-state index contributed by atoms with van der Waals surface area (Å²) in [7, 11) is 0. The van der Waals surface area contributed by atoms with Gasteiger partial charge >= 0.3 is 12.6 Å². The van der Waals surface area contributed by atoms with Gasteiger partial charge in [0.15, 0.2) is 0 Å². The first-order chi connectivity index (χ1) is 12.2. The molecule has 1 aliphatic rings. The van der Waals surface area contributed by atoms with E-state index in [9.17, 15) is 26.7 Å². The number of hydrogen-bond acceptors (Lipinski definition) is 2. The second-order valence-corrected chi connectivity index (χ2v) is 5.59. The summed E-state index contributed by atoms with van der Waals surface area (Å²) in [5.41, 5.74) is 1.82. The van der Waals surface area contributed by atoms with Gasteiger partial charge in [0.1, 0.15) is 0 Å². The Kier molecular flexibility index (Phi) is 11.1. The molecule has 1 aromatic carbocycles. The second kappa shape index (κ2) is 11.9. The topological polar surface area (TPSA) is 26.3 Å². The summed E-state index contributed by atoms with van der Waals surface area (Å²) < 4.78 is 59.8. The Morgan fingerprint density at radius 2 is 1.58 bits per heavy atom. The summed E-state index contributed by atoms with van der Waals surface area (Å²) in [5.74, 6) is -3.05. The van der Waals surface area contributed by atoms with Crippen molar-refractivity contribution < 1.29 is 31.5 Å². The van der Waals surface area contributed by atoms with Gasteiger partial charge in [0, 0.05) is 12.8 Å². The van der Waals surface area contributed by atoms with Crippen LogP contribution in [-0.2, 0) is 9.53 Å². The first-order valence-corrected chi connectivity index (χ1v) is 8.76. The van der Waals surface area contributed by atoms with Crippen molar-refractivity contribution in [2.24, 2.45) is 0 Å². The van der Waals surface area contributed by atoms with Crippen molar-refractivity contribution in [3.05, 3.63) is 35.4 Å². The largest absolute Gasteiger partial charge is 0.466 e. The minimum absolute atomic E-state index is 0.0540. The van der Waals surface area contributed by atoms with Gasteiger partial charge < -0.3 is 4.74 Å². The summed E-state index contributed by atoms with van der Waals surface area (Å²) >= 11 is 0. The first-order valence-electron chi connectivity index (χ1n) is 8.76. The van der Waals surface area contributed by atoms with Gasteiger partial charge in [-0.05, 0) is 30.4 Å². The number of alkyl halides is 5. The summed E-state index contributed by atoms with van der Waals surface area (Å²) in [6, 6.07) is 7.43. The minimum Gasteiger partial charge on any atom is -0.466 e. The Bertz CT molecular complexity index is 506. The molecule has 26 heavy (non-hydrogen) atoms. The van der Waals surface area contributed by atoms with Crippen LogP contribution in [-0.4, -0.2) is 25.2 Å². The lowest BCUT2D eigenvalue weighted by atomic mass is 9.76. The van der Waals surface area contributed by atoms with Gasteiger partial charge in [-0.25, -0.2) is 8.78 Å². The van der Waals surface area contributed by atoms with Gasteiger partial charge in [0.05, 0.1) is 12.5 Å². The van der Waals surface area contributed by atoms with E-state index in [0.717, 1.165) is 11.1 Å². The van der Waals surface area contributed by atoms with Gasteiger partial charge in [-0.2, -0.15) is 13.2 Å². The number of hydrogen-bond donors (Lipinski definition) is 0. The summed E-state index contributed by atoms with van der Waals surface area (Å²) in [4.78, 5) is 11.8. The quantitative estimate of drug-likeness (QED) is 0.431. The molecule has 0 bridgehead atoms. The molecule has 1 aliphatic carbocycles. The molecule has 7 heteroatoms. The van der Waals surface area contributed by atoms with E-state index in [2.05, 4.69) is 0 Å². The van der Waals surface area contributed by atoms with Crippen molar-refractivity contribution in [3.63, 3.8) is 0 Å². The molecule has 1 saturated carbocycles. The maximum atomic E-state index is 12.9. The predicted octanol–water partition coefficient (Wildman–Crippen LogP) is 6.46. The summed E-state index contributed by atoms with van der Waals surface area (Å²) in [6.45, 7) is 4.41. The molecule has 150 valence electrons. The zero-order valence-corrected chi connectivity index (χ0v) is 15.6. The van der Waals surface area contributed by atoms with Crippen LogP contribution < -0.4 is 0 Å². The first kappa shape index (κ1) is 24.3. The lowest BCUT2D eigenvalue weighted by Gasteiger charge is -2.35. The standard InChI is InChI=1S/C16H20F2O2.C2H6.CHF3/c1-3-14(15(19)20-4-2)12-7-5-11(6-8-12)13-9-16(17,18)10-13;1-2;2-1(3)4/h5-8,13-14H,3-4,9-10H2,1-2H3;1-2H3;1H. The molecular formula is C19H27F5O2. The van der Waals surface area contributed by atoms with Crippen LogP contribution in [0.3, 0.4) is 0 Å². The predicted molar refractivity (Wildman–Crippen MR) is 91.5 cm³/mol. The highest BCUT2D eigenvalue weighted by molar-refractivity contribution is 5.78. The Hall–Kier alpha value is -1.66. The zero-order chi connectivity index (χ0) is 20.3. The van der Waals surface area contributed by atoms with Crippen molar-refractivity contribution in [2.45, 2.75) is 71.4 Å². The second-order valence-electron chi connectivity index (χ2n) is 5.59. The third kappa shape index (κ3) is 8.15. The minimum atomic E-state index is -3.67. The number of halogens is 5. The van der Waals surface area contributed by atoms with Crippen LogP contribution in [0.1, 0.15) is 69.9 Å². The highest BCUT2D eigenvalue weighted by Crippen LogP contribution is 2.48. The van der Waals surface area contributed by atoms with Gasteiger partial charge in [-0.1, -0.05) is 45.0 Å². The molecule has 1 atom stereocenters. The molecule has 0 spiro atoms. The normalized spacial score (nSPS) is 16.4. The van der Waals surface area contributed by atoms with Gasteiger partial charge in [0.2, 0.25) is 5.92 Å². The maximum absolute atomic E-state index is 12.9. The fourth-order valence-corrected chi connectivity index (χ4v) is 2.68. The van der Waals surface area contributed by atoms with Crippen molar-refractivity contribution in [3.8, 4) is 0 Å². The number of benzene rings is 1. The van der Waals surface area contributed by atoms with Gasteiger partial charge in [0.25, 0.3) is 0 Å². The van der Waals surface area contributed by atoms with E-state index in [1.165, 1.54) is 0 Å². The third-order valence-electron chi connectivity index (χ3n) is 3.88. The van der Waals surface area contributed by atoms with E-state index < -0.39 is 12.6 Å². The number of esters is 1. The molecule has 1 aromatic rings. The molecular weight excluding hydrogens is 355 g/mol. The molecule has 0 heterocycles.